The Kier molecular flexibility index (Phi) is 3.94. The van der Waals surface area contributed by atoms with Gasteiger partial charge in [0.05, 0.1) is 12.1 Å². The fourth-order valence-corrected chi connectivity index (χ4v) is 2.43. The van der Waals surface area contributed by atoms with Crippen molar-refractivity contribution in [3.63, 3.8) is 0 Å². The minimum absolute atomic E-state index is 0.265. The number of hydrogen-bond acceptors (Lipinski definition) is 3. The lowest BCUT2D eigenvalue weighted by Crippen LogP contribution is -2.37. The molecule has 4 heteroatoms. The molecule has 0 bridgehead atoms. The highest BCUT2D eigenvalue weighted by molar-refractivity contribution is 5.53. The van der Waals surface area contributed by atoms with E-state index in [-0.39, 0.29) is 6.04 Å². The summed E-state index contributed by atoms with van der Waals surface area (Å²) >= 11 is 0. The Bertz CT molecular complexity index is 412. The van der Waals surface area contributed by atoms with E-state index in [2.05, 4.69) is 10.2 Å². The lowest BCUT2D eigenvalue weighted by atomic mass is 10.1. The zero-order valence-corrected chi connectivity index (χ0v) is 11.6. The normalized spacial score (nSPS) is 16.1. The minimum Gasteiger partial charge on any atom is -0.710 e. The summed E-state index contributed by atoms with van der Waals surface area (Å²) < 4.78 is 0.980. The van der Waals surface area contributed by atoms with E-state index in [4.69, 9.17) is 0 Å². The molecule has 0 aromatic carbocycles. The lowest BCUT2D eigenvalue weighted by molar-refractivity contribution is -0.597. The molecule has 1 aromatic heterocycles. The second-order valence-electron chi connectivity index (χ2n) is 5.38. The molecule has 1 saturated heterocycles. The highest BCUT2D eigenvalue weighted by Crippen LogP contribution is 2.22. The summed E-state index contributed by atoms with van der Waals surface area (Å²) in [5, 5.41) is 15.2. The Labute approximate surface area is 109 Å². The molecule has 2 heterocycles. The van der Waals surface area contributed by atoms with Crippen molar-refractivity contribution in [2.24, 2.45) is 0 Å². The number of piperidine rings is 1. The average Bonchev–Trinajstić information content (AvgIpc) is 2.35. The number of rotatable bonds is 3. The summed E-state index contributed by atoms with van der Waals surface area (Å²) in [6.45, 7) is 8.16. The fourth-order valence-electron chi connectivity index (χ4n) is 2.43. The number of nitrogens with zero attached hydrogens (tertiary/aromatic N) is 2. The summed E-state index contributed by atoms with van der Waals surface area (Å²) in [5.41, 5.74) is 1.92. The van der Waals surface area contributed by atoms with Crippen LogP contribution in [-0.4, -0.2) is 19.1 Å². The van der Waals surface area contributed by atoms with Crippen LogP contribution in [0.3, 0.4) is 0 Å². The van der Waals surface area contributed by atoms with Gasteiger partial charge in [-0.1, -0.05) is 0 Å². The number of nitrogens with one attached hydrogen (secondary N) is 1. The van der Waals surface area contributed by atoms with Crippen LogP contribution in [0, 0.1) is 12.1 Å². The maximum Gasteiger partial charge on any atom is 0.279 e. The van der Waals surface area contributed by atoms with Gasteiger partial charge in [0.15, 0.2) is 0 Å². The van der Waals surface area contributed by atoms with Crippen molar-refractivity contribution in [1.29, 1.82) is 0 Å². The quantitative estimate of drug-likeness (QED) is 0.661. The van der Waals surface area contributed by atoms with Gasteiger partial charge in [0, 0.05) is 24.8 Å². The van der Waals surface area contributed by atoms with Crippen LogP contribution >= 0.6 is 0 Å². The van der Waals surface area contributed by atoms with Crippen LogP contribution in [-0.2, 0) is 0 Å². The Morgan fingerprint density at radius 3 is 2.50 bits per heavy atom. The number of aryl methyl sites for hydroxylation is 1. The topological polar surface area (TPSA) is 42.2 Å². The van der Waals surface area contributed by atoms with Gasteiger partial charge in [-0.05, 0) is 40.0 Å². The summed E-state index contributed by atoms with van der Waals surface area (Å²) in [5.74, 6) is 0.658. The molecule has 0 aliphatic carbocycles. The molecular formula is C14H23N3O. The van der Waals surface area contributed by atoms with Crippen LogP contribution < -0.4 is 14.9 Å². The standard InChI is InChI=1S/C14H23N3O/c1-11(2)15-14-10-13(9-12(3)17(14)18)16-7-5-4-6-8-16/h9-11,15H,4-8H2,1-3H3. The first kappa shape index (κ1) is 13.0. The second kappa shape index (κ2) is 5.46. The zero-order chi connectivity index (χ0) is 13.1. The first-order valence-electron chi connectivity index (χ1n) is 6.83. The van der Waals surface area contributed by atoms with Gasteiger partial charge < -0.3 is 10.1 Å². The number of anilines is 2. The highest BCUT2D eigenvalue weighted by Gasteiger charge is 2.16. The first-order valence-corrected chi connectivity index (χ1v) is 6.83. The summed E-state index contributed by atoms with van der Waals surface area (Å²) in [6.07, 6.45) is 3.82. The molecule has 1 fully saturated rings. The maximum absolute atomic E-state index is 12.0. The Hall–Kier alpha value is -1.45. The number of pyridine rings is 1. The number of hydrogen-bond donors (Lipinski definition) is 1. The molecule has 0 spiro atoms. The van der Waals surface area contributed by atoms with Gasteiger partial charge in [0.25, 0.3) is 5.82 Å². The van der Waals surface area contributed by atoms with E-state index in [9.17, 15) is 5.21 Å². The van der Waals surface area contributed by atoms with Crippen LogP contribution in [0.5, 0.6) is 0 Å². The average molecular weight is 249 g/mol. The minimum atomic E-state index is 0.265. The molecule has 1 aromatic rings. The van der Waals surface area contributed by atoms with Crippen molar-refractivity contribution < 1.29 is 4.73 Å². The van der Waals surface area contributed by atoms with E-state index in [0.717, 1.165) is 23.5 Å². The SMILES string of the molecule is Cc1cc(N2CCCCC2)cc(NC(C)C)[n+]1[O-]. The van der Waals surface area contributed by atoms with Gasteiger partial charge in [0.1, 0.15) is 5.69 Å². The third-order valence-electron chi connectivity index (χ3n) is 3.34. The van der Waals surface area contributed by atoms with Gasteiger partial charge in [-0.15, -0.1) is 0 Å². The van der Waals surface area contributed by atoms with Gasteiger partial charge >= 0.3 is 0 Å². The molecule has 0 amide bonds. The predicted molar refractivity (Wildman–Crippen MR) is 75.0 cm³/mol. The maximum atomic E-state index is 12.0. The van der Waals surface area contributed by atoms with E-state index in [1.54, 1.807) is 0 Å². The smallest absolute Gasteiger partial charge is 0.279 e. The molecule has 0 unspecified atom stereocenters. The van der Waals surface area contributed by atoms with Gasteiger partial charge in [-0.25, -0.2) is 4.73 Å². The van der Waals surface area contributed by atoms with Crippen LogP contribution in [0.2, 0.25) is 0 Å². The van der Waals surface area contributed by atoms with E-state index in [1.807, 2.05) is 32.9 Å². The molecule has 0 saturated carbocycles. The van der Waals surface area contributed by atoms with Crippen molar-refractivity contribution in [3.05, 3.63) is 23.0 Å². The first-order chi connectivity index (χ1) is 8.58. The second-order valence-corrected chi connectivity index (χ2v) is 5.38. The summed E-state index contributed by atoms with van der Waals surface area (Å²) in [4.78, 5) is 2.38. The molecule has 100 valence electrons. The number of aromatic nitrogens is 1. The van der Waals surface area contributed by atoms with E-state index in [0.29, 0.717) is 5.82 Å². The van der Waals surface area contributed by atoms with E-state index >= 15 is 0 Å². The molecule has 18 heavy (non-hydrogen) atoms. The van der Waals surface area contributed by atoms with Crippen LogP contribution in [0.15, 0.2) is 12.1 Å². The van der Waals surface area contributed by atoms with Crippen molar-refractivity contribution in [2.75, 3.05) is 23.3 Å². The molecule has 0 atom stereocenters. The van der Waals surface area contributed by atoms with Crippen molar-refractivity contribution >= 4 is 11.5 Å². The van der Waals surface area contributed by atoms with Crippen molar-refractivity contribution in [3.8, 4) is 0 Å². The molecule has 1 N–H and O–H groups in total. The Balaban J connectivity index is 2.27. The molecule has 2 rings (SSSR count). The summed E-state index contributed by atoms with van der Waals surface area (Å²) in [7, 11) is 0. The zero-order valence-electron chi connectivity index (χ0n) is 11.6. The molecular weight excluding hydrogens is 226 g/mol. The van der Waals surface area contributed by atoms with Gasteiger partial charge in [-0.2, -0.15) is 0 Å². The van der Waals surface area contributed by atoms with Crippen LogP contribution in [0.1, 0.15) is 38.8 Å². The highest BCUT2D eigenvalue weighted by atomic mass is 16.5. The monoisotopic (exact) mass is 249 g/mol. The van der Waals surface area contributed by atoms with Crippen LogP contribution in [0.4, 0.5) is 11.5 Å². The molecule has 4 nitrogen and oxygen atoms in total. The van der Waals surface area contributed by atoms with Gasteiger partial charge in [0.2, 0.25) is 0 Å². The molecule has 1 aliphatic rings. The summed E-state index contributed by atoms with van der Waals surface area (Å²) in [6, 6.07) is 4.23. The molecule has 0 radical (unpaired) electrons. The molecule has 1 aliphatic heterocycles. The third-order valence-corrected chi connectivity index (χ3v) is 3.34. The largest absolute Gasteiger partial charge is 0.710 e. The predicted octanol–water partition coefficient (Wildman–Crippen LogP) is 2.44. The van der Waals surface area contributed by atoms with Crippen molar-refractivity contribution in [1.82, 2.24) is 0 Å². The van der Waals surface area contributed by atoms with Crippen molar-refractivity contribution in [2.45, 2.75) is 46.1 Å². The Morgan fingerprint density at radius 1 is 1.22 bits per heavy atom. The Morgan fingerprint density at radius 2 is 1.89 bits per heavy atom. The lowest BCUT2D eigenvalue weighted by Gasteiger charge is -2.29. The van der Waals surface area contributed by atoms with E-state index < -0.39 is 0 Å². The van der Waals surface area contributed by atoms with Gasteiger partial charge in [-0.3, -0.25) is 5.32 Å². The van der Waals surface area contributed by atoms with Crippen LogP contribution in [0.25, 0.3) is 0 Å². The van der Waals surface area contributed by atoms with E-state index in [1.165, 1.54) is 24.9 Å². The fraction of sp³-hybridized carbons (Fsp3) is 0.643. The third kappa shape index (κ3) is 2.86.